The van der Waals surface area contributed by atoms with Gasteiger partial charge in [-0.05, 0) is 42.8 Å². The van der Waals surface area contributed by atoms with Crippen LogP contribution in [0.5, 0.6) is 5.75 Å². The summed E-state index contributed by atoms with van der Waals surface area (Å²) >= 11 is 0. The lowest BCUT2D eigenvalue weighted by molar-refractivity contribution is -0.137. The summed E-state index contributed by atoms with van der Waals surface area (Å²) < 4.78 is 82.6. The molecule has 3 N–H and O–H groups in total. The number of aromatic nitrogens is 3. The van der Waals surface area contributed by atoms with E-state index in [1.807, 2.05) is 6.92 Å². The topological polar surface area (TPSA) is 111 Å². The van der Waals surface area contributed by atoms with Crippen molar-refractivity contribution in [2.45, 2.75) is 45.8 Å². The number of rotatable bonds is 10. The van der Waals surface area contributed by atoms with E-state index in [1.54, 1.807) is 24.5 Å². The van der Waals surface area contributed by atoms with Crippen LogP contribution in [0.25, 0.3) is 17.3 Å². The number of halogens is 5. The number of alkyl halides is 3. The number of fused-ring (bicyclic) bond motifs is 1. The second-order valence-electron chi connectivity index (χ2n) is 11.0. The average Bonchev–Trinajstić information content (AvgIpc) is 3.59. The average molecular weight is 617 g/mol. The van der Waals surface area contributed by atoms with Crippen LogP contribution in [0.15, 0.2) is 59.5 Å². The fraction of sp³-hybridized carbons (Fsp3) is 0.300. The summed E-state index contributed by atoms with van der Waals surface area (Å²) in [5, 5.41) is 5.14. The van der Waals surface area contributed by atoms with Crippen molar-refractivity contribution in [3.8, 4) is 17.0 Å². The number of imidazole rings is 1. The first-order valence-electron chi connectivity index (χ1n) is 13.6. The van der Waals surface area contributed by atoms with E-state index in [0.29, 0.717) is 17.9 Å². The van der Waals surface area contributed by atoms with E-state index < -0.39 is 40.6 Å². The van der Waals surface area contributed by atoms with Gasteiger partial charge < -0.3 is 19.6 Å². The van der Waals surface area contributed by atoms with Crippen LogP contribution in [-0.4, -0.2) is 27.2 Å². The van der Waals surface area contributed by atoms with Gasteiger partial charge in [-0.1, -0.05) is 32.0 Å². The van der Waals surface area contributed by atoms with Crippen LogP contribution < -0.4 is 20.9 Å². The SMILES string of the molecule is CCCOc1ccc(-c2cc(C(C(N)=O)C(C)(C)Cn3cnc4c3C=CN(c3cccc(F)c3F)N4)on2)c(C(F)(F)F)c1. The van der Waals surface area contributed by atoms with E-state index in [4.69, 9.17) is 15.0 Å². The number of hydrazine groups is 1. The zero-order valence-corrected chi connectivity index (χ0v) is 24.0. The number of nitrogens with two attached hydrogens (primary N) is 1. The van der Waals surface area contributed by atoms with Crippen molar-refractivity contribution in [3.05, 3.63) is 83.6 Å². The van der Waals surface area contributed by atoms with E-state index in [9.17, 15) is 26.7 Å². The molecule has 2 aromatic carbocycles. The fourth-order valence-electron chi connectivity index (χ4n) is 5.18. The minimum Gasteiger partial charge on any atom is -0.494 e. The maximum atomic E-state index is 14.3. The lowest BCUT2D eigenvalue weighted by Crippen LogP contribution is -2.36. The van der Waals surface area contributed by atoms with Gasteiger partial charge in [0.2, 0.25) is 5.91 Å². The van der Waals surface area contributed by atoms with E-state index in [1.165, 1.54) is 47.9 Å². The van der Waals surface area contributed by atoms with Gasteiger partial charge in [-0.3, -0.25) is 15.2 Å². The summed E-state index contributed by atoms with van der Waals surface area (Å²) in [7, 11) is 0. The molecule has 0 saturated heterocycles. The molecule has 2 aromatic heterocycles. The molecule has 0 aliphatic carbocycles. The number of carbonyl (C=O) groups excluding carboxylic acids is 1. The molecule has 9 nitrogen and oxygen atoms in total. The van der Waals surface area contributed by atoms with Gasteiger partial charge in [0.05, 0.1) is 24.2 Å². The molecule has 4 aromatic rings. The lowest BCUT2D eigenvalue weighted by Gasteiger charge is -2.32. The first-order chi connectivity index (χ1) is 20.8. The Bertz CT molecular complexity index is 1710. The number of primary amides is 1. The Labute approximate surface area is 249 Å². The normalized spacial score (nSPS) is 13.9. The van der Waals surface area contributed by atoms with Crippen LogP contribution in [0.3, 0.4) is 0 Å². The predicted molar refractivity (Wildman–Crippen MR) is 152 cm³/mol. The standard InChI is InChI=1S/C30H29F5N6O3/c1-4-12-43-17-8-9-18(19(13-17)30(33,34)35)21-14-24(44-39-21)25(27(36)42)29(2,3)15-40-16-37-28-23(40)10-11-41(38-28)22-7-5-6-20(31)26(22)32/h5-11,13-14,16,25,38H,4,12,15H2,1-3H3,(H2,36,42). The van der Waals surface area contributed by atoms with Crippen LogP contribution in [0.4, 0.5) is 33.5 Å². The Balaban J connectivity index is 1.41. The number of nitrogens with zero attached hydrogens (tertiary/aromatic N) is 4. The molecular weight excluding hydrogens is 587 g/mol. The Morgan fingerprint density at radius 2 is 1.93 bits per heavy atom. The number of carbonyl (C=O) groups is 1. The smallest absolute Gasteiger partial charge is 0.417 e. The Morgan fingerprint density at radius 1 is 1.16 bits per heavy atom. The number of hydrogen-bond acceptors (Lipinski definition) is 7. The van der Waals surface area contributed by atoms with Crippen molar-refractivity contribution in [1.29, 1.82) is 0 Å². The highest BCUT2D eigenvalue weighted by atomic mass is 19.4. The number of nitrogens with one attached hydrogen (secondary N) is 1. The van der Waals surface area contributed by atoms with Gasteiger partial charge in [0, 0.05) is 29.8 Å². The quantitative estimate of drug-likeness (QED) is 0.190. The summed E-state index contributed by atoms with van der Waals surface area (Å²) in [6, 6.07) is 8.63. The number of ether oxygens (including phenoxy) is 1. The van der Waals surface area contributed by atoms with Gasteiger partial charge >= 0.3 is 6.18 Å². The van der Waals surface area contributed by atoms with Crippen molar-refractivity contribution in [3.63, 3.8) is 0 Å². The molecule has 232 valence electrons. The first kappa shape index (κ1) is 30.6. The van der Waals surface area contributed by atoms with Crippen LogP contribution >= 0.6 is 0 Å². The van der Waals surface area contributed by atoms with Crippen molar-refractivity contribution in [2.24, 2.45) is 11.1 Å². The molecule has 0 radical (unpaired) electrons. The first-order valence-corrected chi connectivity index (χ1v) is 13.6. The van der Waals surface area contributed by atoms with E-state index >= 15 is 0 Å². The third-order valence-corrected chi connectivity index (χ3v) is 7.18. The maximum Gasteiger partial charge on any atom is 0.417 e. The number of amides is 1. The maximum absolute atomic E-state index is 14.3. The Hall–Kier alpha value is -4.88. The van der Waals surface area contributed by atoms with Crippen LogP contribution in [0, 0.1) is 17.0 Å². The lowest BCUT2D eigenvalue weighted by atomic mass is 9.76. The highest BCUT2D eigenvalue weighted by Gasteiger charge is 2.40. The molecule has 1 aliphatic rings. The molecule has 14 heteroatoms. The predicted octanol–water partition coefficient (Wildman–Crippen LogP) is 6.74. The van der Waals surface area contributed by atoms with Crippen molar-refractivity contribution >= 4 is 23.5 Å². The molecule has 1 amide bonds. The van der Waals surface area contributed by atoms with Crippen LogP contribution in [0.2, 0.25) is 0 Å². The fourth-order valence-corrected chi connectivity index (χ4v) is 5.18. The number of anilines is 2. The summed E-state index contributed by atoms with van der Waals surface area (Å²) in [6.45, 7) is 5.75. The van der Waals surface area contributed by atoms with Crippen LogP contribution in [-0.2, 0) is 17.5 Å². The van der Waals surface area contributed by atoms with E-state index in [0.717, 1.165) is 12.1 Å². The summed E-state index contributed by atoms with van der Waals surface area (Å²) in [4.78, 5) is 17.1. The monoisotopic (exact) mass is 616 g/mol. The highest BCUT2D eigenvalue weighted by molar-refractivity contribution is 5.82. The van der Waals surface area contributed by atoms with Crippen molar-refractivity contribution in [2.75, 3.05) is 17.0 Å². The van der Waals surface area contributed by atoms with Crippen molar-refractivity contribution < 1.29 is 36.0 Å². The van der Waals surface area contributed by atoms with E-state index in [-0.39, 0.29) is 41.6 Å². The zero-order valence-electron chi connectivity index (χ0n) is 24.0. The van der Waals surface area contributed by atoms with Gasteiger partial charge in [0.25, 0.3) is 0 Å². The summed E-state index contributed by atoms with van der Waals surface area (Å²) in [5.41, 5.74) is 6.96. The Kier molecular flexibility index (Phi) is 8.10. The molecule has 0 saturated carbocycles. The second-order valence-corrected chi connectivity index (χ2v) is 11.0. The summed E-state index contributed by atoms with van der Waals surface area (Å²) in [5.74, 6) is -3.50. The van der Waals surface area contributed by atoms with Crippen LogP contribution in [0.1, 0.15) is 50.1 Å². The van der Waals surface area contributed by atoms with Crippen molar-refractivity contribution in [1.82, 2.24) is 14.7 Å². The van der Waals surface area contributed by atoms with E-state index in [2.05, 4.69) is 15.6 Å². The third-order valence-electron chi connectivity index (χ3n) is 7.18. The van der Waals surface area contributed by atoms with Gasteiger partial charge in [0.1, 0.15) is 28.8 Å². The Morgan fingerprint density at radius 3 is 2.64 bits per heavy atom. The van der Waals surface area contributed by atoms with Gasteiger partial charge in [-0.2, -0.15) is 13.2 Å². The molecule has 0 bridgehead atoms. The number of benzene rings is 2. The molecule has 3 heterocycles. The molecular formula is C30H29F5N6O3. The van der Waals surface area contributed by atoms with Gasteiger partial charge in [0.15, 0.2) is 17.5 Å². The molecule has 1 aliphatic heterocycles. The summed E-state index contributed by atoms with van der Waals surface area (Å²) in [6.07, 6.45) is 0.549. The number of hydrogen-bond donors (Lipinski definition) is 2. The minimum atomic E-state index is -4.71. The molecule has 5 rings (SSSR count). The molecule has 0 spiro atoms. The van der Waals surface area contributed by atoms with Gasteiger partial charge in [-0.25, -0.2) is 13.8 Å². The van der Waals surface area contributed by atoms with Gasteiger partial charge in [-0.15, -0.1) is 0 Å². The second kappa shape index (κ2) is 11.7. The highest BCUT2D eigenvalue weighted by Crippen LogP contribution is 2.42. The molecule has 0 fully saturated rings. The molecule has 1 unspecified atom stereocenters. The molecule has 44 heavy (non-hydrogen) atoms. The largest absolute Gasteiger partial charge is 0.494 e. The third kappa shape index (κ3) is 5.96. The molecule has 1 atom stereocenters. The minimum absolute atomic E-state index is 0.00709. The zero-order chi connectivity index (χ0) is 31.8.